The molecule has 142 valence electrons. The molecular weight excluding hydrogens is 350 g/mol. The maximum absolute atomic E-state index is 12.1. The Bertz CT molecular complexity index is 891. The summed E-state index contributed by atoms with van der Waals surface area (Å²) < 4.78 is 0. The van der Waals surface area contributed by atoms with E-state index in [1.54, 1.807) is 0 Å². The second-order valence-corrected chi connectivity index (χ2v) is 6.67. The van der Waals surface area contributed by atoms with Crippen molar-refractivity contribution in [2.45, 2.75) is 0 Å². The van der Waals surface area contributed by atoms with E-state index >= 15 is 0 Å². The summed E-state index contributed by atoms with van der Waals surface area (Å²) in [6, 6.07) is 21.3. The van der Waals surface area contributed by atoms with Gasteiger partial charge >= 0.3 is 6.03 Å². The van der Waals surface area contributed by atoms with Gasteiger partial charge in [-0.05, 0) is 48.5 Å². The van der Waals surface area contributed by atoms with Crippen molar-refractivity contribution in [3.05, 3.63) is 79.1 Å². The third-order valence-electron chi connectivity index (χ3n) is 4.83. The van der Waals surface area contributed by atoms with Gasteiger partial charge in [0, 0.05) is 61.3 Å². The number of anilines is 4. The smallest absolute Gasteiger partial charge is 0.323 e. The van der Waals surface area contributed by atoms with Gasteiger partial charge in [-0.15, -0.1) is 0 Å². The highest BCUT2D eigenvalue weighted by atomic mass is 16.2. The molecule has 4 rings (SSSR count). The van der Waals surface area contributed by atoms with Crippen molar-refractivity contribution in [1.82, 2.24) is 4.98 Å². The van der Waals surface area contributed by atoms with Gasteiger partial charge in [-0.3, -0.25) is 4.98 Å². The van der Waals surface area contributed by atoms with E-state index in [2.05, 4.69) is 49.7 Å². The van der Waals surface area contributed by atoms with Gasteiger partial charge < -0.3 is 20.4 Å². The molecule has 0 aliphatic carbocycles. The van der Waals surface area contributed by atoms with Crippen molar-refractivity contribution in [2.75, 3.05) is 46.6 Å². The molecule has 0 bridgehead atoms. The Kier molecular flexibility index (Phi) is 5.38. The SMILES string of the molecule is O=C(Nc1ccccc1)Nc1ccc(N2CCN(c3ccncc3)CC2)cc1. The lowest BCUT2D eigenvalue weighted by molar-refractivity contribution is 0.262. The van der Waals surface area contributed by atoms with E-state index < -0.39 is 0 Å². The van der Waals surface area contributed by atoms with Gasteiger partial charge in [0.15, 0.2) is 0 Å². The van der Waals surface area contributed by atoms with Crippen molar-refractivity contribution in [3.8, 4) is 0 Å². The highest BCUT2D eigenvalue weighted by molar-refractivity contribution is 5.99. The number of amides is 2. The molecule has 1 fully saturated rings. The van der Waals surface area contributed by atoms with Crippen molar-refractivity contribution in [1.29, 1.82) is 0 Å². The number of aromatic nitrogens is 1. The third kappa shape index (κ3) is 4.40. The molecule has 1 saturated heterocycles. The van der Waals surface area contributed by atoms with Crippen LogP contribution in [0, 0.1) is 0 Å². The maximum Gasteiger partial charge on any atom is 0.323 e. The molecule has 1 aliphatic rings. The van der Waals surface area contributed by atoms with Gasteiger partial charge in [-0.1, -0.05) is 18.2 Å². The van der Waals surface area contributed by atoms with E-state index in [1.165, 1.54) is 11.4 Å². The summed E-state index contributed by atoms with van der Waals surface area (Å²) in [6.07, 6.45) is 3.67. The molecule has 28 heavy (non-hydrogen) atoms. The first-order valence-corrected chi connectivity index (χ1v) is 9.41. The zero-order valence-electron chi connectivity index (χ0n) is 15.6. The second kappa shape index (κ2) is 8.43. The van der Waals surface area contributed by atoms with Gasteiger partial charge in [-0.2, -0.15) is 0 Å². The lowest BCUT2D eigenvalue weighted by Gasteiger charge is -2.37. The van der Waals surface area contributed by atoms with Crippen molar-refractivity contribution in [2.24, 2.45) is 0 Å². The fraction of sp³-hybridized carbons (Fsp3) is 0.182. The number of urea groups is 1. The molecule has 6 nitrogen and oxygen atoms in total. The van der Waals surface area contributed by atoms with Crippen LogP contribution in [0.4, 0.5) is 27.5 Å². The average Bonchev–Trinajstić information content (AvgIpc) is 2.76. The number of nitrogens with one attached hydrogen (secondary N) is 2. The molecule has 0 radical (unpaired) electrons. The number of para-hydroxylation sites is 1. The van der Waals surface area contributed by atoms with Crippen LogP contribution in [0.25, 0.3) is 0 Å². The number of hydrogen-bond acceptors (Lipinski definition) is 4. The molecule has 1 aromatic heterocycles. The predicted octanol–water partition coefficient (Wildman–Crippen LogP) is 4.05. The summed E-state index contributed by atoms with van der Waals surface area (Å²) in [6.45, 7) is 3.88. The molecule has 2 heterocycles. The first kappa shape index (κ1) is 17.9. The zero-order chi connectivity index (χ0) is 19.2. The quantitative estimate of drug-likeness (QED) is 0.724. The Morgan fingerprint density at radius 2 is 1.18 bits per heavy atom. The lowest BCUT2D eigenvalue weighted by atomic mass is 10.2. The summed E-state index contributed by atoms with van der Waals surface area (Å²) in [5.41, 5.74) is 3.93. The van der Waals surface area contributed by atoms with Gasteiger partial charge in [0.2, 0.25) is 0 Å². The number of nitrogens with zero attached hydrogens (tertiary/aromatic N) is 3. The Labute approximate surface area is 164 Å². The van der Waals surface area contributed by atoms with E-state index in [9.17, 15) is 4.79 Å². The normalized spacial score (nSPS) is 13.9. The minimum atomic E-state index is -0.245. The molecular formula is C22H23N5O. The molecule has 2 amide bonds. The third-order valence-corrected chi connectivity index (χ3v) is 4.83. The first-order chi connectivity index (χ1) is 13.8. The number of pyridine rings is 1. The van der Waals surface area contributed by atoms with E-state index in [0.717, 1.165) is 37.6 Å². The number of hydrogen-bond donors (Lipinski definition) is 2. The van der Waals surface area contributed by atoms with E-state index in [0.29, 0.717) is 0 Å². The fourth-order valence-electron chi connectivity index (χ4n) is 3.35. The minimum Gasteiger partial charge on any atom is -0.368 e. The van der Waals surface area contributed by atoms with Crippen LogP contribution in [0.2, 0.25) is 0 Å². The Morgan fingerprint density at radius 1 is 0.679 bits per heavy atom. The number of piperazine rings is 1. The molecule has 0 unspecified atom stereocenters. The number of benzene rings is 2. The van der Waals surface area contributed by atoms with Gasteiger partial charge in [-0.25, -0.2) is 4.79 Å². The molecule has 1 aliphatic heterocycles. The molecule has 2 aromatic carbocycles. The monoisotopic (exact) mass is 373 g/mol. The average molecular weight is 373 g/mol. The lowest BCUT2D eigenvalue weighted by Crippen LogP contribution is -2.46. The van der Waals surface area contributed by atoms with E-state index in [-0.39, 0.29) is 6.03 Å². The largest absolute Gasteiger partial charge is 0.368 e. The van der Waals surface area contributed by atoms with E-state index in [4.69, 9.17) is 0 Å². The molecule has 2 N–H and O–H groups in total. The van der Waals surface area contributed by atoms with Gasteiger partial charge in [0.05, 0.1) is 0 Å². The molecule has 3 aromatic rings. The standard InChI is InChI=1S/C22H23N5O/c28-22(24-18-4-2-1-3-5-18)25-19-6-8-20(9-7-19)26-14-16-27(17-15-26)21-10-12-23-13-11-21/h1-13H,14-17H2,(H2,24,25,28). The Balaban J connectivity index is 1.31. The van der Waals surface area contributed by atoms with Crippen LogP contribution in [-0.2, 0) is 0 Å². The highest BCUT2D eigenvalue weighted by Gasteiger charge is 2.17. The number of carbonyl (C=O) groups excluding carboxylic acids is 1. The zero-order valence-corrected chi connectivity index (χ0v) is 15.6. The molecule has 0 saturated carbocycles. The maximum atomic E-state index is 12.1. The number of carbonyl (C=O) groups is 1. The van der Waals surface area contributed by atoms with Crippen molar-refractivity contribution >= 4 is 28.8 Å². The van der Waals surface area contributed by atoms with Gasteiger partial charge in [0.1, 0.15) is 0 Å². The molecule has 0 spiro atoms. The first-order valence-electron chi connectivity index (χ1n) is 9.41. The summed E-state index contributed by atoms with van der Waals surface area (Å²) in [5.74, 6) is 0. The van der Waals surface area contributed by atoms with Crippen LogP contribution in [0.1, 0.15) is 0 Å². The van der Waals surface area contributed by atoms with Crippen LogP contribution in [0.3, 0.4) is 0 Å². The Morgan fingerprint density at radius 3 is 1.75 bits per heavy atom. The van der Waals surface area contributed by atoms with Crippen LogP contribution in [0.5, 0.6) is 0 Å². The summed E-state index contributed by atoms with van der Waals surface area (Å²) >= 11 is 0. The summed E-state index contributed by atoms with van der Waals surface area (Å²) in [4.78, 5) is 20.9. The highest BCUT2D eigenvalue weighted by Crippen LogP contribution is 2.22. The second-order valence-electron chi connectivity index (χ2n) is 6.67. The van der Waals surface area contributed by atoms with Crippen molar-refractivity contribution in [3.63, 3.8) is 0 Å². The molecule has 0 atom stereocenters. The fourth-order valence-corrected chi connectivity index (χ4v) is 3.35. The topological polar surface area (TPSA) is 60.5 Å². The van der Waals surface area contributed by atoms with E-state index in [1.807, 2.05) is 54.9 Å². The minimum absolute atomic E-state index is 0.245. The summed E-state index contributed by atoms with van der Waals surface area (Å²) in [7, 11) is 0. The number of rotatable bonds is 4. The summed E-state index contributed by atoms with van der Waals surface area (Å²) in [5, 5.41) is 5.68. The van der Waals surface area contributed by atoms with Crippen LogP contribution in [0.15, 0.2) is 79.1 Å². The van der Waals surface area contributed by atoms with Crippen LogP contribution >= 0.6 is 0 Å². The van der Waals surface area contributed by atoms with Gasteiger partial charge in [0.25, 0.3) is 0 Å². The van der Waals surface area contributed by atoms with Crippen LogP contribution < -0.4 is 20.4 Å². The van der Waals surface area contributed by atoms with Crippen LogP contribution in [-0.4, -0.2) is 37.2 Å². The predicted molar refractivity (Wildman–Crippen MR) is 114 cm³/mol. The van der Waals surface area contributed by atoms with Crippen molar-refractivity contribution < 1.29 is 4.79 Å². The Hall–Kier alpha value is -3.54. The molecule has 6 heteroatoms.